The molecule has 0 unspecified atom stereocenters. The van der Waals surface area contributed by atoms with Gasteiger partial charge in [0.1, 0.15) is 11.1 Å². The summed E-state index contributed by atoms with van der Waals surface area (Å²) in [6.45, 7) is 4.60. The molecule has 0 aromatic carbocycles. The van der Waals surface area contributed by atoms with Crippen LogP contribution >= 0.6 is 22.7 Å². The van der Waals surface area contributed by atoms with Gasteiger partial charge in [0, 0.05) is 27.7 Å². The number of hydrogen-bond donors (Lipinski definition) is 3. The molecule has 2 aromatic rings. The van der Waals surface area contributed by atoms with E-state index < -0.39 is 0 Å². The standard InChI is InChI=1S/C25H33N3O3S2/c1-2-19-18(16-11-12-26-14-21(16)32-19)13-27-25(30)28-23-22(17-9-5-6-10-20(17)33-23)24(29)31-15-7-3-4-8-15/h15,26H,2-14H2,1H3,(H2,27,28,30). The summed E-state index contributed by atoms with van der Waals surface area (Å²) in [5.74, 6) is -0.260. The number of amides is 2. The Hall–Kier alpha value is -1.90. The fourth-order valence-electron chi connectivity index (χ4n) is 5.35. The number of rotatable bonds is 6. The number of aryl methyl sites for hydroxylation is 2. The minimum Gasteiger partial charge on any atom is -0.459 e. The molecule has 6 nitrogen and oxygen atoms in total. The Labute approximate surface area is 203 Å². The summed E-state index contributed by atoms with van der Waals surface area (Å²) in [6.07, 6.45) is 10.2. The molecular formula is C25H33N3O3S2. The molecule has 0 spiro atoms. The molecule has 0 saturated heterocycles. The topological polar surface area (TPSA) is 79.5 Å². The molecule has 2 amide bonds. The van der Waals surface area contributed by atoms with Gasteiger partial charge in [0.15, 0.2) is 0 Å². The Morgan fingerprint density at radius 1 is 1.03 bits per heavy atom. The fraction of sp³-hybridized carbons (Fsp3) is 0.600. The lowest BCUT2D eigenvalue weighted by Gasteiger charge is -2.16. The number of esters is 1. The average molecular weight is 488 g/mol. The molecule has 178 valence electrons. The van der Waals surface area contributed by atoms with Crippen LogP contribution in [0.15, 0.2) is 0 Å². The summed E-state index contributed by atoms with van der Waals surface area (Å²) in [5.41, 5.74) is 4.38. The molecule has 8 heteroatoms. The van der Waals surface area contributed by atoms with E-state index in [0.717, 1.165) is 82.9 Å². The number of nitrogens with one attached hydrogen (secondary N) is 3. The maximum atomic E-state index is 13.1. The van der Waals surface area contributed by atoms with Crippen molar-refractivity contribution in [3.05, 3.63) is 36.9 Å². The second-order valence-corrected chi connectivity index (χ2v) is 11.5. The van der Waals surface area contributed by atoms with Crippen LogP contribution in [-0.2, 0) is 43.5 Å². The van der Waals surface area contributed by atoms with Crippen LogP contribution in [0.5, 0.6) is 0 Å². The molecule has 0 radical (unpaired) electrons. The van der Waals surface area contributed by atoms with Crippen molar-refractivity contribution in [3.63, 3.8) is 0 Å². The smallest absolute Gasteiger partial charge is 0.341 e. The molecule has 3 N–H and O–H groups in total. The first kappa shape index (κ1) is 22.9. The second-order valence-electron chi connectivity index (χ2n) is 9.22. The van der Waals surface area contributed by atoms with Crippen LogP contribution in [-0.4, -0.2) is 24.6 Å². The molecule has 2 aliphatic carbocycles. The third kappa shape index (κ3) is 4.84. The van der Waals surface area contributed by atoms with E-state index in [9.17, 15) is 9.59 Å². The highest BCUT2D eigenvalue weighted by molar-refractivity contribution is 7.17. The lowest BCUT2D eigenvalue weighted by atomic mass is 9.95. The molecule has 0 atom stereocenters. The largest absolute Gasteiger partial charge is 0.459 e. The number of ether oxygens (including phenoxy) is 1. The lowest BCUT2D eigenvalue weighted by molar-refractivity contribution is 0.0318. The summed E-state index contributed by atoms with van der Waals surface area (Å²) >= 11 is 3.42. The van der Waals surface area contributed by atoms with Crippen LogP contribution in [0.1, 0.15) is 87.1 Å². The molecule has 3 heterocycles. The Morgan fingerprint density at radius 2 is 1.85 bits per heavy atom. The summed E-state index contributed by atoms with van der Waals surface area (Å²) in [7, 11) is 0. The normalized spacial score (nSPS) is 18.0. The first-order chi connectivity index (χ1) is 16.1. The first-order valence-electron chi connectivity index (χ1n) is 12.4. The zero-order chi connectivity index (χ0) is 22.8. The van der Waals surface area contributed by atoms with E-state index in [1.165, 1.54) is 25.8 Å². The number of anilines is 1. The van der Waals surface area contributed by atoms with Crippen LogP contribution in [0.25, 0.3) is 0 Å². The maximum absolute atomic E-state index is 13.1. The maximum Gasteiger partial charge on any atom is 0.341 e. The van der Waals surface area contributed by atoms with E-state index in [2.05, 4.69) is 22.9 Å². The SMILES string of the molecule is CCc1sc2c(c1CNC(=O)Nc1sc3c(c1C(=O)OC1CCCC1)CCCC3)CCNC2. The van der Waals surface area contributed by atoms with Gasteiger partial charge in [-0.1, -0.05) is 6.92 Å². The molecule has 3 aliphatic rings. The van der Waals surface area contributed by atoms with Gasteiger partial charge in [-0.05, 0) is 87.4 Å². The van der Waals surface area contributed by atoms with Crippen LogP contribution < -0.4 is 16.0 Å². The summed E-state index contributed by atoms with van der Waals surface area (Å²) in [6, 6.07) is -0.251. The van der Waals surface area contributed by atoms with Crippen LogP contribution in [0, 0.1) is 0 Å². The van der Waals surface area contributed by atoms with E-state index in [1.54, 1.807) is 11.3 Å². The Morgan fingerprint density at radius 3 is 2.67 bits per heavy atom. The van der Waals surface area contributed by atoms with Crippen LogP contribution in [0.3, 0.4) is 0 Å². The van der Waals surface area contributed by atoms with Crippen molar-refractivity contribution in [2.75, 3.05) is 11.9 Å². The second kappa shape index (κ2) is 10.2. The number of urea groups is 1. The summed E-state index contributed by atoms with van der Waals surface area (Å²) < 4.78 is 5.85. The molecule has 1 fully saturated rings. The average Bonchev–Trinajstić information content (AvgIpc) is 3.54. The summed E-state index contributed by atoms with van der Waals surface area (Å²) in [5, 5.41) is 10.2. The number of hydrogen-bond acceptors (Lipinski definition) is 6. The fourth-order valence-corrected chi connectivity index (χ4v) is 7.91. The molecule has 1 aliphatic heterocycles. The van der Waals surface area contributed by atoms with Crippen molar-refractivity contribution in [2.24, 2.45) is 0 Å². The van der Waals surface area contributed by atoms with E-state index in [1.807, 2.05) is 11.3 Å². The molecule has 33 heavy (non-hydrogen) atoms. The molecule has 1 saturated carbocycles. The Kier molecular flexibility index (Phi) is 7.04. The highest BCUT2D eigenvalue weighted by Crippen LogP contribution is 2.39. The van der Waals surface area contributed by atoms with E-state index in [0.29, 0.717) is 17.1 Å². The molecule has 5 rings (SSSR count). The van der Waals surface area contributed by atoms with Gasteiger partial charge in [-0.15, -0.1) is 22.7 Å². The highest BCUT2D eigenvalue weighted by atomic mass is 32.1. The Bertz CT molecular complexity index is 1040. The number of fused-ring (bicyclic) bond motifs is 2. The van der Waals surface area contributed by atoms with Crippen LogP contribution in [0.4, 0.5) is 9.80 Å². The van der Waals surface area contributed by atoms with Gasteiger partial charge in [-0.25, -0.2) is 9.59 Å². The van der Waals surface area contributed by atoms with E-state index in [4.69, 9.17) is 4.74 Å². The molecule has 2 aromatic heterocycles. The van der Waals surface area contributed by atoms with Gasteiger partial charge in [-0.2, -0.15) is 0 Å². The zero-order valence-electron chi connectivity index (χ0n) is 19.3. The zero-order valence-corrected chi connectivity index (χ0v) is 20.9. The van der Waals surface area contributed by atoms with Crippen molar-refractivity contribution >= 4 is 39.7 Å². The van der Waals surface area contributed by atoms with Crippen molar-refractivity contribution in [2.45, 2.75) is 90.3 Å². The van der Waals surface area contributed by atoms with Crippen molar-refractivity contribution < 1.29 is 14.3 Å². The van der Waals surface area contributed by atoms with Gasteiger partial charge in [0.2, 0.25) is 0 Å². The minimum absolute atomic E-state index is 0.0186. The predicted octanol–water partition coefficient (Wildman–Crippen LogP) is 5.32. The minimum atomic E-state index is -0.260. The Balaban J connectivity index is 1.31. The summed E-state index contributed by atoms with van der Waals surface area (Å²) in [4.78, 5) is 30.0. The van der Waals surface area contributed by atoms with Gasteiger partial charge < -0.3 is 15.4 Å². The third-order valence-electron chi connectivity index (χ3n) is 7.05. The monoisotopic (exact) mass is 487 g/mol. The van der Waals surface area contributed by atoms with Gasteiger partial charge in [-0.3, -0.25) is 5.32 Å². The number of carbonyl (C=O) groups excluding carboxylic acids is 2. The molecular weight excluding hydrogens is 454 g/mol. The van der Waals surface area contributed by atoms with Gasteiger partial charge >= 0.3 is 12.0 Å². The molecule has 0 bridgehead atoms. The van der Waals surface area contributed by atoms with Gasteiger partial charge in [0.25, 0.3) is 0 Å². The first-order valence-corrected chi connectivity index (χ1v) is 14.0. The van der Waals surface area contributed by atoms with Gasteiger partial charge in [0.05, 0.1) is 5.56 Å². The van der Waals surface area contributed by atoms with Crippen molar-refractivity contribution in [3.8, 4) is 0 Å². The quantitative estimate of drug-likeness (QED) is 0.482. The number of carbonyl (C=O) groups is 2. The lowest BCUT2D eigenvalue weighted by Crippen LogP contribution is -2.30. The van der Waals surface area contributed by atoms with Crippen molar-refractivity contribution in [1.82, 2.24) is 10.6 Å². The van der Waals surface area contributed by atoms with E-state index >= 15 is 0 Å². The highest BCUT2D eigenvalue weighted by Gasteiger charge is 2.30. The van der Waals surface area contributed by atoms with Crippen LogP contribution in [0.2, 0.25) is 0 Å². The number of thiophene rings is 2. The van der Waals surface area contributed by atoms with E-state index in [-0.39, 0.29) is 18.1 Å². The third-order valence-corrected chi connectivity index (χ3v) is 9.67. The predicted molar refractivity (Wildman–Crippen MR) is 134 cm³/mol. The van der Waals surface area contributed by atoms with Crippen molar-refractivity contribution in [1.29, 1.82) is 0 Å².